The molecule has 2 heterocycles. The molecule has 0 atom stereocenters. The molecule has 0 aromatic heterocycles. The van der Waals surface area contributed by atoms with Gasteiger partial charge in [-0.15, -0.1) is 0 Å². The number of methoxy groups -OCH3 is 1. The van der Waals surface area contributed by atoms with Gasteiger partial charge in [0, 0.05) is 40.0 Å². The molecule has 7 N–H and O–H groups in total. The molecule has 3 aromatic rings. The number of aromatic hydroxyl groups is 2. The summed E-state index contributed by atoms with van der Waals surface area (Å²) in [5.74, 6) is -12.1. The molecule has 3 amide bonds. The van der Waals surface area contributed by atoms with Crippen molar-refractivity contribution >= 4 is 66.0 Å². The van der Waals surface area contributed by atoms with Crippen LogP contribution in [0, 0.1) is 34.9 Å². The number of aliphatic imine (C=N–C) groups is 2. The number of rotatable bonds is 12. The Balaban J connectivity index is 0.000000471. The number of phenolic OH excluding ortho intramolecular Hbond substituents is 2. The van der Waals surface area contributed by atoms with Gasteiger partial charge in [-0.05, 0) is 87.4 Å². The van der Waals surface area contributed by atoms with Crippen molar-refractivity contribution in [2.45, 2.75) is 54.1 Å². The fourth-order valence-electron chi connectivity index (χ4n) is 4.83. The molecule has 21 nitrogen and oxygen atoms in total. The van der Waals surface area contributed by atoms with E-state index in [1.165, 1.54) is 38.0 Å². The molecule has 0 aliphatic carbocycles. The van der Waals surface area contributed by atoms with E-state index in [4.69, 9.17) is 30.5 Å². The van der Waals surface area contributed by atoms with Crippen LogP contribution in [0.2, 0.25) is 0 Å². The SMILES string of the molecule is CC(=O)NCC(=O)O.CC(=O)Oc1c(F)cc(/C=C2\N=C(C)OC2=O)cc1F.CC(C)(C)OC(=O)NOCCN.COCCN1C(=O)/C(=C/c2cc(F)c(O)c(F)c2)N=C1C.O=Cc1cc(F)c(O)c(F)c1. The maximum atomic E-state index is 13.6. The number of halogens is 6. The lowest BCUT2D eigenvalue weighted by atomic mass is 10.1. The largest absolute Gasteiger partial charge is 0.503 e. The lowest BCUT2D eigenvalue weighted by Crippen LogP contribution is -2.33. The third-order valence-corrected chi connectivity index (χ3v) is 7.73. The summed E-state index contributed by atoms with van der Waals surface area (Å²) in [7, 11) is 1.52. The first-order valence-corrected chi connectivity index (χ1v) is 20.4. The van der Waals surface area contributed by atoms with E-state index in [1.807, 2.05) is 0 Å². The molecule has 2 aliphatic rings. The first kappa shape index (κ1) is 61.8. The van der Waals surface area contributed by atoms with E-state index in [1.54, 1.807) is 27.7 Å². The summed E-state index contributed by atoms with van der Waals surface area (Å²) in [5, 5.41) is 27.7. The molecule has 0 radical (unpaired) electrons. The number of nitrogens with zero attached hydrogens (tertiary/aromatic N) is 3. The minimum Gasteiger partial charge on any atom is -0.503 e. The fourth-order valence-corrected chi connectivity index (χ4v) is 4.83. The lowest BCUT2D eigenvalue weighted by molar-refractivity contribution is -0.137. The number of esters is 2. The van der Waals surface area contributed by atoms with Gasteiger partial charge in [-0.2, -0.15) is 5.48 Å². The molecule has 392 valence electrons. The fraction of sp³-hybridized carbons (Fsp3) is 0.311. The number of amides is 3. The van der Waals surface area contributed by atoms with Crippen molar-refractivity contribution < 1.29 is 99.0 Å². The summed E-state index contributed by atoms with van der Waals surface area (Å²) in [4.78, 5) is 88.5. The van der Waals surface area contributed by atoms with Crippen molar-refractivity contribution in [1.82, 2.24) is 15.7 Å². The van der Waals surface area contributed by atoms with Gasteiger partial charge in [0.2, 0.25) is 11.7 Å². The van der Waals surface area contributed by atoms with Crippen molar-refractivity contribution in [3.05, 3.63) is 99.4 Å². The first-order valence-electron chi connectivity index (χ1n) is 20.4. The molecule has 0 fully saturated rings. The summed E-state index contributed by atoms with van der Waals surface area (Å²) >= 11 is 0. The van der Waals surface area contributed by atoms with Gasteiger partial charge < -0.3 is 45.3 Å². The third-order valence-electron chi connectivity index (χ3n) is 7.73. The second-order valence-electron chi connectivity index (χ2n) is 14.9. The number of hydrogen-bond acceptors (Lipinski definition) is 17. The Morgan fingerprint density at radius 1 is 0.792 bits per heavy atom. The van der Waals surface area contributed by atoms with Crippen LogP contribution in [0.25, 0.3) is 12.2 Å². The van der Waals surface area contributed by atoms with E-state index in [-0.39, 0.29) is 58.9 Å². The Morgan fingerprint density at radius 2 is 1.28 bits per heavy atom. The Bertz CT molecular complexity index is 2520. The number of aliphatic carboxylic acids is 1. The van der Waals surface area contributed by atoms with Crippen molar-refractivity contribution in [1.29, 1.82) is 0 Å². The van der Waals surface area contributed by atoms with E-state index >= 15 is 0 Å². The number of carboxylic acids is 1. The van der Waals surface area contributed by atoms with Gasteiger partial charge in [0.05, 0.1) is 19.8 Å². The molecule has 3 aromatic carbocycles. The van der Waals surface area contributed by atoms with Crippen molar-refractivity contribution in [3.8, 4) is 17.2 Å². The monoisotopic (exact) mass is 1030 g/mol. The van der Waals surface area contributed by atoms with Crippen LogP contribution in [0.15, 0.2) is 57.8 Å². The summed E-state index contributed by atoms with van der Waals surface area (Å²) in [6.07, 6.45) is 2.13. The maximum absolute atomic E-state index is 13.6. The van der Waals surface area contributed by atoms with Crippen LogP contribution in [0.5, 0.6) is 17.2 Å². The average Bonchev–Trinajstić information content (AvgIpc) is 3.73. The highest BCUT2D eigenvalue weighted by Crippen LogP contribution is 2.27. The van der Waals surface area contributed by atoms with Gasteiger partial charge in [-0.25, -0.2) is 45.9 Å². The molecule has 5 rings (SSSR count). The van der Waals surface area contributed by atoms with Crippen LogP contribution < -0.4 is 21.3 Å². The van der Waals surface area contributed by atoms with Crippen LogP contribution >= 0.6 is 0 Å². The van der Waals surface area contributed by atoms with Crippen LogP contribution in [-0.4, -0.2) is 120 Å². The van der Waals surface area contributed by atoms with E-state index in [0.29, 0.717) is 31.8 Å². The number of carbonyl (C=O) groups excluding carboxylic acids is 6. The van der Waals surface area contributed by atoms with E-state index in [2.05, 4.69) is 35.1 Å². The Hall–Kier alpha value is -8.17. The number of nitrogens with one attached hydrogen (secondary N) is 2. The van der Waals surface area contributed by atoms with E-state index in [0.717, 1.165) is 43.3 Å². The number of benzene rings is 3. The van der Waals surface area contributed by atoms with Crippen molar-refractivity contribution in [3.63, 3.8) is 0 Å². The number of hydrogen-bond donors (Lipinski definition) is 6. The molecule has 27 heteroatoms. The number of cyclic esters (lactones) is 1. The summed E-state index contributed by atoms with van der Waals surface area (Å²) in [5.41, 5.74) is 6.75. The molecule has 2 aliphatic heterocycles. The minimum absolute atomic E-state index is 0.0568. The summed E-state index contributed by atoms with van der Waals surface area (Å²) in [6.45, 7) is 11.8. The van der Waals surface area contributed by atoms with Crippen LogP contribution in [0.4, 0.5) is 31.1 Å². The predicted octanol–water partition coefficient (Wildman–Crippen LogP) is 5.22. The smallest absolute Gasteiger partial charge is 0.431 e. The molecule has 0 unspecified atom stereocenters. The van der Waals surface area contributed by atoms with Gasteiger partial charge >= 0.3 is 24.0 Å². The van der Waals surface area contributed by atoms with E-state index < -0.39 is 81.8 Å². The number of carbonyl (C=O) groups is 7. The zero-order chi connectivity index (χ0) is 55.0. The quantitative estimate of drug-likeness (QED) is 0.0258. The zero-order valence-corrected chi connectivity index (χ0v) is 39.7. The molecule has 72 heavy (non-hydrogen) atoms. The maximum Gasteiger partial charge on any atom is 0.431 e. The second kappa shape index (κ2) is 29.8. The highest BCUT2D eigenvalue weighted by atomic mass is 19.2. The molecule has 0 saturated carbocycles. The van der Waals surface area contributed by atoms with Gasteiger partial charge in [0.15, 0.2) is 58.0 Å². The van der Waals surface area contributed by atoms with Crippen LogP contribution in [-0.2, 0) is 43.0 Å². The lowest BCUT2D eigenvalue weighted by Gasteiger charge is -2.19. The minimum atomic E-state index is -1.13. The van der Waals surface area contributed by atoms with Gasteiger partial charge in [-0.1, -0.05) is 0 Å². The second-order valence-corrected chi connectivity index (χ2v) is 14.9. The molecule has 0 spiro atoms. The van der Waals surface area contributed by atoms with Gasteiger partial charge in [0.25, 0.3) is 5.91 Å². The third kappa shape index (κ3) is 22.5. The van der Waals surface area contributed by atoms with E-state index in [9.17, 15) is 59.9 Å². The number of phenols is 2. The van der Waals surface area contributed by atoms with Crippen LogP contribution in [0.3, 0.4) is 0 Å². The number of ether oxygens (including phenoxy) is 4. The number of amidine groups is 1. The van der Waals surface area contributed by atoms with Gasteiger partial charge in [-0.3, -0.25) is 33.7 Å². The number of carboxylic acid groups (broad SMARTS) is 1. The topological polar surface area (TPSA) is 304 Å². The standard InChI is InChI=1S/C14H14F2N2O3.C13H9F2NO4.C7H4F2O2.C7H16N2O3.C4H7NO3/c1-8-17-12(14(20)18(8)3-4-21-2)7-9-5-10(15)13(19)11(16)6-9;1-6-16-11(13(18)19-6)5-8-3-9(14)12(10(15)4-8)20-7(2)17;8-5-1-4(3-10)2-6(9)7(5)11;1-7(2,3)12-6(10)9-11-5-4-8;1-3(6)5-2-4(7)8/h5-7,19H,3-4H2,1-2H3;3-5H,1-2H3;1-3,11H;4-5,8H2,1-3H3,(H,9,10);2H2,1H3,(H,5,6)(H,7,8)/b12-7-;11-5-;;;. The summed E-state index contributed by atoms with van der Waals surface area (Å²) in [6, 6.07) is 5.22. The Morgan fingerprint density at radius 3 is 1.67 bits per heavy atom. The number of nitrogens with two attached hydrogens (primary N) is 1. The molecule has 0 bridgehead atoms. The number of hydroxylamine groups is 1. The van der Waals surface area contributed by atoms with Crippen molar-refractivity contribution in [2.24, 2.45) is 15.7 Å². The predicted molar refractivity (Wildman–Crippen MR) is 242 cm³/mol. The molecule has 0 saturated heterocycles. The highest BCUT2D eigenvalue weighted by Gasteiger charge is 2.27. The highest BCUT2D eigenvalue weighted by molar-refractivity contribution is 6.13. The summed E-state index contributed by atoms with van der Waals surface area (Å²) < 4.78 is 97.4. The molecular weight excluding hydrogens is 979 g/mol. The van der Waals surface area contributed by atoms with Gasteiger partial charge in [0.1, 0.15) is 30.0 Å². The first-order chi connectivity index (χ1) is 33.5. The number of aldehydes is 1. The Kier molecular flexibility index (Phi) is 25.6. The zero-order valence-electron chi connectivity index (χ0n) is 39.7. The normalized spacial score (nSPS) is 13.6. The van der Waals surface area contributed by atoms with Crippen molar-refractivity contribution in [2.75, 3.05) is 40.0 Å². The van der Waals surface area contributed by atoms with Crippen LogP contribution in [0.1, 0.15) is 70.0 Å². The molecular formula is C45H50F6N6O15. The average molecular weight is 1030 g/mol. The Labute approximate surface area is 406 Å².